The first kappa shape index (κ1) is 30.0. The summed E-state index contributed by atoms with van der Waals surface area (Å²) in [6.45, 7) is 16.6. The summed E-state index contributed by atoms with van der Waals surface area (Å²) in [5.74, 6) is 3.13. The van der Waals surface area contributed by atoms with E-state index >= 15 is 0 Å². The zero-order valence-electron chi connectivity index (χ0n) is 26.7. The number of piperazine rings is 1. The summed E-state index contributed by atoms with van der Waals surface area (Å²) in [5.41, 5.74) is -0.307. The van der Waals surface area contributed by atoms with E-state index in [1.807, 2.05) is 25.7 Å². The van der Waals surface area contributed by atoms with Crippen LogP contribution in [-0.2, 0) is 14.3 Å². The first-order valence-corrected chi connectivity index (χ1v) is 16.9. The Morgan fingerprint density at radius 1 is 0.905 bits per heavy atom. The van der Waals surface area contributed by atoms with E-state index in [0.717, 1.165) is 84.3 Å². The maximum Gasteiger partial charge on any atom is 0.410 e. The van der Waals surface area contributed by atoms with Crippen LogP contribution in [0.25, 0.3) is 0 Å². The number of fused-ring (bicyclic) bond motifs is 5. The van der Waals surface area contributed by atoms with Gasteiger partial charge in [0.15, 0.2) is 0 Å². The lowest BCUT2D eigenvalue weighted by Gasteiger charge is -2.58. The van der Waals surface area contributed by atoms with Crippen LogP contribution in [0.5, 0.6) is 0 Å². The van der Waals surface area contributed by atoms with Crippen LogP contribution in [0.4, 0.5) is 4.79 Å². The molecule has 0 spiro atoms. The van der Waals surface area contributed by atoms with Crippen molar-refractivity contribution in [1.29, 1.82) is 0 Å². The molecule has 0 radical (unpaired) electrons. The number of carbonyl (C=O) groups excluding carboxylic acids is 3. The van der Waals surface area contributed by atoms with Gasteiger partial charge in [-0.05, 0) is 107 Å². The number of nitrogens with one attached hydrogen (secondary N) is 1. The van der Waals surface area contributed by atoms with Crippen LogP contribution in [-0.4, -0.2) is 90.1 Å². The second-order valence-corrected chi connectivity index (χ2v) is 15.9. The second-order valence-electron chi connectivity index (χ2n) is 15.9. The van der Waals surface area contributed by atoms with E-state index in [1.54, 1.807) is 6.08 Å². The summed E-state index contributed by atoms with van der Waals surface area (Å²) in [6, 6.07) is 0.259. The van der Waals surface area contributed by atoms with Crippen molar-refractivity contribution in [3.05, 3.63) is 12.2 Å². The number of piperidine rings is 1. The lowest BCUT2D eigenvalue weighted by molar-refractivity contribution is -0.145. The van der Waals surface area contributed by atoms with Gasteiger partial charge in [-0.25, -0.2) is 4.79 Å². The molecule has 8 nitrogen and oxygen atoms in total. The Labute approximate surface area is 252 Å². The fraction of sp³-hybridized carbons (Fsp3) is 0.853. The Bertz CT molecular complexity index is 1090. The first-order chi connectivity index (χ1) is 19.9. The number of nitrogens with zero attached hydrogens (tertiary/aromatic N) is 3. The first-order valence-electron chi connectivity index (χ1n) is 16.9. The predicted molar refractivity (Wildman–Crippen MR) is 162 cm³/mol. The number of ether oxygens (including phenoxy) is 1. The van der Waals surface area contributed by atoms with Gasteiger partial charge in [0, 0.05) is 63.2 Å². The normalized spacial score (nSPS) is 39.3. The maximum absolute atomic E-state index is 14.1. The van der Waals surface area contributed by atoms with E-state index in [0.29, 0.717) is 29.6 Å². The molecule has 3 saturated carbocycles. The molecule has 0 unspecified atom stereocenters. The summed E-state index contributed by atoms with van der Waals surface area (Å²) >= 11 is 0. The van der Waals surface area contributed by atoms with Crippen LogP contribution in [0.15, 0.2) is 12.2 Å². The third-order valence-corrected chi connectivity index (χ3v) is 12.5. The van der Waals surface area contributed by atoms with Gasteiger partial charge in [0.1, 0.15) is 5.60 Å². The summed E-state index contributed by atoms with van der Waals surface area (Å²) in [7, 11) is 0. The van der Waals surface area contributed by atoms with Crippen LogP contribution in [0.3, 0.4) is 0 Å². The molecule has 1 N–H and O–H groups in total. The van der Waals surface area contributed by atoms with E-state index in [9.17, 15) is 14.4 Å². The molecule has 0 aromatic carbocycles. The fourth-order valence-corrected chi connectivity index (χ4v) is 10.1. The van der Waals surface area contributed by atoms with E-state index in [4.69, 9.17) is 4.74 Å². The molecule has 6 rings (SSSR count). The minimum Gasteiger partial charge on any atom is -0.444 e. The number of carbonyl (C=O) groups is 3. The Kier molecular flexibility index (Phi) is 7.93. The highest BCUT2D eigenvalue weighted by Gasteiger charge is 2.61. The summed E-state index contributed by atoms with van der Waals surface area (Å²) < 4.78 is 5.55. The van der Waals surface area contributed by atoms with Gasteiger partial charge in [-0.15, -0.1) is 0 Å². The van der Waals surface area contributed by atoms with Gasteiger partial charge in [0.25, 0.3) is 0 Å². The van der Waals surface area contributed by atoms with Gasteiger partial charge < -0.3 is 19.9 Å². The highest BCUT2D eigenvalue weighted by atomic mass is 16.6. The largest absolute Gasteiger partial charge is 0.444 e. The van der Waals surface area contributed by atoms with Crippen LogP contribution >= 0.6 is 0 Å². The molecule has 234 valence electrons. The van der Waals surface area contributed by atoms with Crippen molar-refractivity contribution in [2.45, 2.75) is 97.6 Å². The number of amides is 3. The molecule has 42 heavy (non-hydrogen) atoms. The van der Waals surface area contributed by atoms with E-state index in [-0.39, 0.29) is 34.8 Å². The highest BCUT2D eigenvalue weighted by molar-refractivity contribution is 5.89. The molecule has 3 aliphatic heterocycles. The molecule has 2 saturated heterocycles. The lowest BCUT2D eigenvalue weighted by atomic mass is 9.48. The van der Waals surface area contributed by atoms with Crippen molar-refractivity contribution >= 4 is 17.9 Å². The maximum atomic E-state index is 14.1. The van der Waals surface area contributed by atoms with Crippen molar-refractivity contribution in [1.82, 2.24) is 20.0 Å². The van der Waals surface area contributed by atoms with Crippen LogP contribution in [0.2, 0.25) is 0 Å². The molecule has 0 bridgehead atoms. The molecule has 0 aromatic heterocycles. The average Bonchev–Trinajstić information content (AvgIpc) is 3.30. The van der Waals surface area contributed by atoms with Crippen LogP contribution in [0, 0.1) is 40.4 Å². The molecule has 3 aliphatic carbocycles. The fourth-order valence-electron chi connectivity index (χ4n) is 10.1. The van der Waals surface area contributed by atoms with Crippen molar-refractivity contribution in [3.8, 4) is 0 Å². The minimum absolute atomic E-state index is 0.0461. The SMILES string of the molecule is CC(C)(C)OC(=O)N1CCN(CC2CCN(C(=O)[C@H]3CC[C@H]4[C@@H]5CC[C@H]6NC(=O)C=C[C@]6(C)[C@H]5CC[C@]34C)CC2)CC1. The Balaban J connectivity index is 0.998. The van der Waals surface area contributed by atoms with Gasteiger partial charge in [-0.3, -0.25) is 14.5 Å². The zero-order chi connectivity index (χ0) is 29.9. The van der Waals surface area contributed by atoms with E-state index in [1.165, 1.54) is 12.8 Å². The van der Waals surface area contributed by atoms with Crippen molar-refractivity contribution in [3.63, 3.8) is 0 Å². The predicted octanol–water partition coefficient (Wildman–Crippen LogP) is 4.69. The quantitative estimate of drug-likeness (QED) is 0.522. The van der Waals surface area contributed by atoms with E-state index < -0.39 is 5.60 Å². The highest BCUT2D eigenvalue weighted by Crippen LogP contribution is 2.65. The molecule has 0 aromatic rings. The number of hydrogen-bond donors (Lipinski definition) is 1. The summed E-state index contributed by atoms with van der Waals surface area (Å²) in [4.78, 5) is 45.1. The summed E-state index contributed by atoms with van der Waals surface area (Å²) in [5, 5.41) is 3.26. The topological polar surface area (TPSA) is 82.2 Å². The molecular formula is C34H54N4O4. The lowest BCUT2D eigenvalue weighted by Crippen LogP contribution is -2.59. The monoisotopic (exact) mass is 582 g/mol. The molecular weight excluding hydrogens is 528 g/mol. The Morgan fingerprint density at radius 3 is 2.31 bits per heavy atom. The van der Waals surface area contributed by atoms with E-state index in [2.05, 4.69) is 35.0 Å². The second kappa shape index (κ2) is 11.1. The third kappa shape index (κ3) is 5.50. The van der Waals surface area contributed by atoms with Crippen molar-refractivity contribution < 1.29 is 19.1 Å². The van der Waals surface area contributed by atoms with Crippen molar-refractivity contribution in [2.75, 3.05) is 45.8 Å². The summed E-state index contributed by atoms with van der Waals surface area (Å²) in [6.07, 6.45) is 12.7. The minimum atomic E-state index is -0.458. The zero-order valence-corrected chi connectivity index (χ0v) is 26.7. The van der Waals surface area contributed by atoms with Gasteiger partial charge >= 0.3 is 6.09 Å². The Hall–Kier alpha value is -2.09. The molecule has 6 aliphatic rings. The number of hydrogen-bond acceptors (Lipinski definition) is 5. The van der Waals surface area contributed by atoms with Gasteiger partial charge in [-0.2, -0.15) is 0 Å². The molecule has 3 amide bonds. The molecule has 3 heterocycles. The molecule has 8 heteroatoms. The van der Waals surface area contributed by atoms with Gasteiger partial charge in [-0.1, -0.05) is 19.9 Å². The molecule has 5 fully saturated rings. The van der Waals surface area contributed by atoms with Crippen molar-refractivity contribution in [2.24, 2.45) is 40.4 Å². The van der Waals surface area contributed by atoms with Crippen LogP contribution in [0.1, 0.15) is 86.0 Å². The van der Waals surface area contributed by atoms with Gasteiger partial charge in [0.05, 0.1) is 0 Å². The average molecular weight is 583 g/mol. The third-order valence-electron chi connectivity index (χ3n) is 12.5. The number of likely N-dealkylation sites (tertiary alicyclic amines) is 1. The van der Waals surface area contributed by atoms with Gasteiger partial charge in [0.2, 0.25) is 11.8 Å². The molecule has 7 atom stereocenters. The number of rotatable bonds is 3. The standard InChI is InChI=1S/C34H54N4O4/c1-32(2,3)42-31(41)38-20-18-36(19-21-38)22-23-12-16-37(17-13-23)30(40)27-8-7-25-24-6-9-28-34(5,15-11-29(39)35-28)26(24)10-14-33(25,27)4/h11,15,23-28H,6-10,12-14,16-22H2,1-5H3,(H,35,39)/t24-,25-,26-,27+,28+,33-,34+/m0/s1. The smallest absolute Gasteiger partial charge is 0.410 e. The Morgan fingerprint density at radius 2 is 1.62 bits per heavy atom. The van der Waals surface area contributed by atoms with Crippen LogP contribution < -0.4 is 5.32 Å².